The number of hydrogen-bond donors (Lipinski definition) is 0. The van der Waals surface area contributed by atoms with Crippen molar-refractivity contribution >= 4 is 16.6 Å². The van der Waals surface area contributed by atoms with Gasteiger partial charge in [0.1, 0.15) is 23.1 Å². The van der Waals surface area contributed by atoms with Gasteiger partial charge >= 0.3 is 0 Å². The lowest BCUT2D eigenvalue weighted by molar-refractivity contribution is 0.0244. The molecule has 2 aliphatic rings. The minimum atomic E-state index is -0.412. The molecule has 0 unspecified atom stereocenters. The highest BCUT2D eigenvalue weighted by Crippen LogP contribution is 2.42. The van der Waals surface area contributed by atoms with Crippen molar-refractivity contribution < 1.29 is 18.9 Å². The molecule has 0 saturated carbocycles. The lowest BCUT2D eigenvalue weighted by atomic mass is 10.1. The van der Waals surface area contributed by atoms with E-state index in [9.17, 15) is 0 Å². The van der Waals surface area contributed by atoms with E-state index in [4.69, 9.17) is 18.9 Å². The maximum absolute atomic E-state index is 6.64. The third-order valence-electron chi connectivity index (χ3n) is 6.63. The third kappa shape index (κ3) is 6.00. The van der Waals surface area contributed by atoms with Gasteiger partial charge in [-0.15, -0.1) is 0 Å². The van der Waals surface area contributed by atoms with Crippen LogP contribution >= 0.6 is 0 Å². The van der Waals surface area contributed by atoms with Gasteiger partial charge in [0.15, 0.2) is 16.4 Å². The molecular formula is C30H36NO4S+. The highest BCUT2D eigenvalue weighted by molar-refractivity contribution is 7.97. The Labute approximate surface area is 217 Å². The van der Waals surface area contributed by atoms with Gasteiger partial charge in [-0.25, -0.2) is 0 Å². The molecule has 2 heterocycles. The summed E-state index contributed by atoms with van der Waals surface area (Å²) in [6.45, 7) is 3.02. The Morgan fingerprint density at radius 3 is 1.67 bits per heavy atom. The number of nitrogens with zero attached hydrogens (tertiary/aromatic N) is 1. The Morgan fingerprint density at radius 1 is 0.667 bits per heavy atom. The van der Waals surface area contributed by atoms with E-state index in [1.54, 1.807) is 0 Å². The van der Waals surface area contributed by atoms with Crippen LogP contribution in [-0.2, 0) is 20.4 Å². The van der Waals surface area contributed by atoms with Crippen LogP contribution < -0.4 is 14.4 Å². The van der Waals surface area contributed by atoms with E-state index in [-0.39, 0.29) is 12.2 Å². The highest BCUT2D eigenvalue weighted by atomic mass is 32.2. The topological polar surface area (TPSA) is 40.2 Å². The van der Waals surface area contributed by atoms with Gasteiger partial charge in [0.05, 0.1) is 26.4 Å². The number of hydrogen-bond acceptors (Lipinski definition) is 5. The largest absolute Gasteiger partial charge is 0.485 e. The summed E-state index contributed by atoms with van der Waals surface area (Å²) in [5.74, 6) is 1.90. The van der Waals surface area contributed by atoms with Crippen molar-refractivity contribution in [2.45, 2.75) is 52.6 Å². The van der Waals surface area contributed by atoms with Crippen LogP contribution in [0.25, 0.3) is 0 Å². The molecule has 0 amide bonds. The number of rotatable bonds is 8. The number of para-hydroxylation sites is 2. The fourth-order valence-corrected chi connectivity index (χ4v) is 6.90. The fraction of sp³-hybridized carbons (Fsp3) is 0.400. The predicted molar refractivity (Wildman–Crippen MR) is 145 cm³/mol. The number of benzene rings is 3. The lowest BCUT2D eigenvalue weighted by Crippen LogP contribution is -2.27. The van der Waals surface area contributed by atoms with E-state index in [1.807, 2.05) is 0 Å². The molecule has 2 saturated heterocycles. The summed E-state index contributed by atoms with van der Waals surface area (Å²) in [6, 6.07) is 25.8. The van der Waals surface area contributed by atoms with E-state index in [1.165, 1.54) is 20.4 Å². The molecular weight excluding hydrogens is 470 g/mol. The third-order valence-corrected chi connectivity index (χ3v) is 8.91. The molecule has 0 spiro atoms. The van der Waals surface area contributed by atoms with E-state index >= 15 is 0 Å². The molecule has 36 heavy (non-hydrogen) atoms. The first-order chi connectivity index (χ1) is 17.7. The van der Waals surface area contributed by atoms with E-state index in [0.717, 1.165) is 63.6 Å². The molecule has 0 N–H and O–H groups in total. The monoisotopic (exact) mass is 506 g/mol. The first kappa shape index (κ1) is 25.0. The van der Waals surface area contributed by atoms with Crippen LogP contribution in [0.3, 0.4) is 0 Å². The Morgan fingerprint density at radius 2 is 1.17 bits per heavy atom. The van der Waals surface area contributed by atoms with Crippen molar-refractivity contribution in [3.8, 4) is 11.5 Å². The number of ether oxygens (including phenoxy) is 4. The van der Waals surface area contributed by atoms with Crippen molar-refractivity contribution in [2.75, 3.05) is 45.4 Å². The summed E-state index contributed by atoms with van der Waals surface area (Å²) >= 11 is 0. The minimum absolute atomic E-state index is 0.173. The molecule has 0 aliphatic carbocycles. The van der Waals surface area contributed by atoms with Gasteiger partial charge in [-0.2, -0.15) is 0 Å². The van der Waals surface area contributed by atoms with Crippen molar-refractivity contribution in [1.82, 2.24) is 0 Å². The van der Waals surface area contributed by atoms with Gasteiger partial charge in [0.2, 0.25) is 9.79 Å². The van der Waals surface area contributed by atoms with Gasteiger partial charge in [-0.3, -0.25) is 0 Å². The second-order valence-corrected chi connectivity index (χ2v) is 11.4. The maximum Gasteiger partial charge on any atom is 0.208 e. The van der Waals surface area contributed by atoms with Crippen molar-refractivity contribution in [3.05, 3.63) is 72.8 Å². The SMILES string of the molecule is CN(C)c1cccc([S+](c2ccccc2OC2CCOCC2)c2ccccc2OC2CCOCC2)c1. The molecule has 190 valence electrons. The Kier molecular flexibility index (Phi) is 8.36. The van der Waals surface area contributed by atoms with Crippen molar-refractivity contribution in [2.24, 2.45) is 0 Å². The van der Waals surface area contributed by atoms with E-state index in [2.05, 4.69) is 91.8 Å². The summed E-state index contributed by atoms with van der Waals surface area (Å²) in [6.07, 6.45) is 4.02. The Hall–Kier alpha value is -2.67. The molecule has 2 aliphatic heterocycles. The molecule has 5 rings (SSSR count). The zero-order valence-corrected chi connectivity index (χ0v) is 22.0. The van der Waals surface area contributed by atoms with Gasteiger partial charge in [0.25, 0.3) is 0 Å². The second-order valence-electron chi connectivity index (χ2n) is 9.45. The molecule has 3 aromatic carbocycles. The normalized spacial score (nSPS) is 17.2. The van der Waals surface area contributed by atoms with Crippen LogP contribution in [0.2, 0.25) is 0 Å². The quantitative estimate of drug-likeness (QED) is 0.353. The molecule has 2 fully saturated rings. The summed E-state index contributed by atoms with van der Waals surface area (Å²) in [5, 5.41) is 0. The summed E-state index contributed by atoms with van der Waals surface area (Å²) in [7, 11) is 3.76. The molecule has 0 radical (unpaired) electrons. The first-order valence-corrected chi connectivity index (χ1v) is 14.1. The van der Waals surface area contributed by atoms with Gasteiger partial charge < -0.3 is 23.8 Å². The summed E-state index contributed by atoms with van der Waals surface area (Å²) < 4.78 is 24.4. The molecule has 0 aromatic heterocycles. The molecule has 0 atom stereocenters. The number of anilines is 1. The smallest absolute Gasteiger partial charge is 0.208 e. The average Bonchev–Trinajstić information content (AvgIpc) is 2.92. The second kappa shape index (κ2) is 12.0. The van der Waals surface area contributed by atoms with Crippen LogP contribution in [0.5, 0.6) is 11.5 Å². The standard InChI is InChI=1S/C30H36NO4S/c1-31(2)23-8-7-9-26(22-23)36(29-12-5-3-10-27(29)34-24-14-18-32-19-15-24)30-13-6-4-11-28(30)35-25-16-20-33-21-17-25/h3-13,22,24-25H,14-21H2,1-2H3/q+1. The molecule has 0 bridgehead atoms. The van der Waals surface area contributed by atoms with Crippen LogP contribution in [0, 0.1) is 0 Å². The van der Waals surface area contributed by atoms with Crippen LogP contribution in [0.4, 0.5) is 5.69 Å². The molecule has 5 nitrogen and oxygen atoms in total. The predicted octanol–water partition coefficient (Wildman–Crippen LogP) is 5.96. The van der Waals surface area contributed by atoms with Gasteiger partial charge in [-0.05, 0) is 36.4 Å². The molecule has 6 heteroatoms. The highest BCUT2D eigenvalue weighted by Gasteiger charge is 2.36. The van der Waals surface area contributed by atoms with E-state index < -0.39 is 10.9 Å². The van der Waals surface area contributed by atoms with Crippen LogP contribution in [0.15, 0.2) is 87.5 Å². The Bertz CT molecular complexity index is 1060. The van der Waals surface area contributed by atoms with E-state index in [0.29, 0.717) is 0 Å². The van der Waals surface area contributed by atoms with Gasteiger partial charge in [-0.1, -0.05) is 30.3 Å². The Balaban J connectivity index is 1.58. The maximum atomic E-state index is 6.64. The van der Waals surface area contributed by atoms with Crippen LogP contribution in [-0.4, -0.2) is 52.7 Å². The van der Waals surface area contributed by atoms with Gasteiger partial charge in [0, 0.05) is 51.5 Å². The lowest BCUT2D eigenvalue weighted by Gasteiger charge is -2.25. The first-order valence-electron chi connectivity index (χ1n) is 12.9. The summed E-state index contributed by atoms with van der Waals surface area (Å²) in [5.41, 5.74) is 1.18. The fourth-order valence-electron chi connectivity index (χ4n) is 4.64. The minimum Gasteiger partial charge on any atom is -0.485 e. The zero-order chi connectivity index (χ0) is 24.7. The molecule has 3 aromatic rings. The van der Waals surface area contributed by atoms with Crippen molar-refractivity contribution in [1.29, 1.82) is 0 Å². The van der Waals surface area contributed by atoms with Crippen molar-refractivity contribution in [3.63, 3.8) is 0 Å². The zero-order valence-electron chi connectivity index (χ0n) is 21.2. The summed E-state index contributed by atoms with van der Waals surface area (Å²) in [4.78, 5) is 5.76. The average molecular weight is 507 g/mol. The van der Waals surface area contributed by atoms with Crippen LogP contribution in [0.1, 0.15) is 25.7 Å².